The van der Waals surface area contributed by atoms with Gasteiger partial charge in [-0.2, -0.15) is 5.10 Å². The predicted molar refractivity (Wildman–Crippen MR) is 102 cm³/mol. The third-order valence-corrected chi connectivity index (χ3v) is 6.32. The van der Waals surface area contributed by atoms with Gasteiger partial charge in [-0.25, -0.2) is 0 Å². The Kier molecular flexibility index (Phi) is 6.03. The molecule has 4 atom stereocenters. The number of likely N-dealkylation sites (tertiary alicyclic amines) is 1. The van der Waals surface area contributed by atoms with Gasteiger partial charge in [-0.1, -0.05) is 19.8 Å². The maximum atomic E-state index is 12.3. The average Bonchev–Trinajstić information content (AvgIpc) is 3.01. The lowest BCUT2D eigenvalue weighted by atomic mass is 9.88. The number of amides is 1. The van der Waals surface area contributed by atoms with Crippen molar-refractivity contribution in [2.75, 3.05) is 20.2 Å². The molecule has 1 aliphatic carbocycles. The highest BCUT2D eigenvalue weighted by molar-refractivity contribution is 5.80. The summed E-state index contributed by atoms with van der Waals surface area (Å²) in [5.41, 5.74) is 3.32. The second kappa shape index (κ2) is 8.09. The number of likely N-dealkylation sites (N-methyl/N-ethyl adjacent to an activating group) is 1. The van der Waals surface area contributed by atoms with Crippen LogP contribution in [-0.2, 0) is 16.6 Å². The Morgan fingerprint density at radius 3 is 2.62 bits per heavy atom. The van der Waals surface area contributed by atoms with E-state index in [9.17, 15) is 4.79 Å². The van der Waals surface area contributed by atoms with Crippen molar-refractivity contribution < 1.29 is 9.53 Å². The molecule has 2 heterocycles. The largest absolute Gasteiger partial charge is 0.377 e. The van der Waals surface area contributed by atoms with Crippen LogP contribution >= 0.6 is 0 Å². The fraction of sp³-hybridized carbons (Fsp3) is 0.800. The van der Waals surface area contributed by atoms with Gasteiger partial charge in [0.2, 0.25) is 5.91 Å². The van der Waals surface area contributed by atoms with Crippen LogP contribution in [0, 0.1) is 19.8 Å². The first kappa shape index (κ1) is 19.4. The molecule has 0 unspecified atom stereocenters. The maximum absolute atomic E-state index is 12.3. The van der Waals surface area contributed by atoms with E-state index in [1.165, 1.54) is 31.2 Å². The molecule has 0 bridgehead atoms. The van der Waals surface area contributed by atoms with Crippen LogP contribution < -0.4 is 5.32 Å². The van der Waals surface area contributed by atoms with E-state index in [1.54, 1.807) is 0 Å². The average molecular weight is 363 g/mol. The molecule has 6 nitrogen and oxygen atoms in total. The fourth-order valence-electron chi connectivity index (χ4n) is 4.65. The third-order valence-electron chi connectivity index (χ3n) is 6.32. The van der Waals surface area contributed by atoms with Crippen molar-refractivity contribution in [3.8, 4) is 0 Å². The van der Waals surface area contributed by atoms with Crippen LogP contribution in [0.15, 0.2) is 0 Å². The smallest absolute Gasteiger partial charge is 0.224 e. The lowest BCUT2D eigenvalue weighted by Crippen LogP contribution is -2.38. The van der Waals surface area contributed by atoms with E-state index in [4.69, 9.17) is 4.74 Å². The topological polar surface area (TPSA) is 59.4 Å². The van der Waals surface area contributed by atoms with Crippen molar-refractivity contribution in [3.63, 3.8) is 0 Å². The zero-order valence-electron chi connectivity index (χ0n) is 16.9. The third kappa shape index (κ3) is 3.81. The van der Waals surface area contributed by atoms with E-state index in [0.717, 1.165) is 17.9 Å². The summed E-state index contributed by atoms with van der Waals surface area (Å²) in [6.45, 7) is 7.90. The first-order valence-corrected chi connectivity index (χ1v) is 10.0. The number of carbonyl (C=O) groups excluding carboxylic acids is 1. The molecule has 2 fully saturated rings. The van der Waals surface area contributed by atoms with Crippen LogP contribution in [0.1, 0.15) is 62.0 Å². The van der Waals surface area contributed by atoms with Gasteiger partial charge in [0.25, 0.3) is 0 Å². The van der Waals surface area contributed by atoms with Crippen molar-refractivity contribution in [1.29, 1.82) is 0 Å². The number of hydrogen-bond donors (Lipinski definition) is 1. The lowest BCUT2D eigenvalue weighted by molar-refractivity contribution is -0.127. The van der Waals surface area contributed by atoms with E-state index in [0.29, 0.717) is 25.0 Å². The van der Waals surface area contributed by atoms with Gasteiger partial charge in [-0.15, -0.1) is 0 Å². The second-order valence-electron chi connectivity index (χ2n) is 8.09. The van der Waals surface area contributed by atoms with E-state index >= 15 is 0 Å². The summed E-state index contributed by atoms with van der Waals surface area (Å²) in [6, 6.07) is 0.159. The molecule has 146 valence electrons. The SMILES string of the molecule is Cc1nn(C)c(C)c1[C@H]1[C@H](NCCO[C@@H]2CCCC[C@@H]2C)CC(=O)N1C. The normalized spacial score (nSPS) is 29.6. The molecule has 0 aromatic carbocycles. The predicted octanol–water partition coefficient (Wildman–Crippen LogP) is 2.49. The Bertz CT molecular complexity index is 642. The summed E-state index contributed by atoms with van der Waals surface area (Å²) in [5.74, 6) is 0.855. The number of aromatic nitrogens is 2. The molecule has 0 radical (unpaired) electrons. The van der Waals surface area contributed by atoms with Crippen LogP contribution in [0.5, 0.6) is 0 Å². The molecule has 1 saturated carbocycles. The van der Waals surface area contributed by atoms with Crippen molar-refractivity contribution in [3.05, 3.63) is 17.0 Å². The summed E-state index contributed by atoms with van der Waals surface area (Å²) in [6.07, 6.45) is 6.02. The Labute approximate surface area is 157 Å². The lowest BCUT2D eigenvalue weighted by Gasteiger charge is -2.29. The molecule has 1 saturated heterocycles. The summed E-state index contributed by atoms with van der Waals surface area (Å²) in [5, 5.41) is 8.13. The molecular weight excluding hydrogens is 328 g/mol. The van der Waals surface area contributed by atoms with E-state index in [1.807, 2.05) is 30.6 Å². The summed E-state index contributed by atoms with van der Waals surface area (Å²) in [7, 11) is 3.87. The molecule has 1 aromatic rings. The zero-order valence-corrected chi connectivity index (χ0v) is 16.9. The molecule has 3 rings (SSSR count). The van der Waals surface area contributed by atoms with Crippen molar-refractivity contribution in [2.24, 2.45) is 13.0 Å². The Morgan fingerprint density at radius 1 is 1.23 bits per heavy atom. The molecule has 26 heavy (non-hydrogen) atoms. The minimum Gasteiger partial charge on any atom is -0.377 e. The van der Waals surface area contributed by atoms with Crippen LogP contribution in [0.3, 0.4) is 0 Å². The molecule has 2 aliphatic rings. The highest BCUT2D eigenvalue weighted by Crippen LogP contribution is 2.35. The van der Waals surface area contributed by atoms with Gasteiger partial charge in [-0.05, 0) is 32.6 Å². The van der Waals surface area contributed by atoms with Gasteiger partial charge < -0.3 is 15.0 Å². The van der Waals surface area contributed by atoms with E-state index < -0.39 is 0 Å². The summed E-state index contributed by atoms with van der Waals surface area (Å²) in [4.78, 5) is 14.2. The number of ether oxygens (including phenoxy) is 1. The Hall–Kier alpha value is -1.40. The molecule has 1 amide bonds. The van der Waals surface area contributed by atoms with Crippen LogP contribution in [0.25, 0.3) is 0 Å². The van der Waals surface area contributed by atoms with Gasteiger partial charge in [0.15, 0.2) is 0 Å². The number of nitrogens with zero attached hydrogens (tertiary/aromatic N) is 3. The minimum absolute atomic E-state index is 0.0461. The Balaban J connectivity index is 1.60. The first-order chi connectivity index (χ1) is 12.4. The second-order valence-corrected chi connectivity index (χ2v) is 8.09. The number of nitrogens with one attached hydrogen (secondary N) is 1. The number of hydrogen-bond acceptors (Lipinski definition) is 4. The van der Waals surface area contributed by atoms with Gasteiger partial charge in [0.1, 0.15) is 0 Å². The summed E-state index contributed by atoms with van der Waals surface area (Å²) >= 11 is 0. The number of rotatable bonds is 6. The van der Waals surface area contributed by atoms with Gasteiger partial charge in [0.05, 0.1) is 24.4 Å². The highest BCUT2D eigenvalue weighted by Gasteiger charge is 2.40. The van der Waals surface area contributed by atoms with Crippen molar-refractivity contribution >= 4 is 5.91 Å². The number of carbonyl (C=O) groups is 1. The zero-order chi connectivity index (χ0) is 18.8. The first-order valence-electron chi connectivity index (χ1n) is 10.0. The standard InChI is InChI=1S/C20H34N4O2/c1-13-8-6-7-9-17(13)26-11-10-21-16-12-18(25)23(4)20(16)19-14(2)22-24(5)15(19)3/h13,16-17,20-21H,6-12H2,1-5H3/t13-,16+,17+,20+/m0/s1. The minimum atomic E-state index is 0.0461. The van der Waals surface area contributed by atoms with Gasteiger partial charge in [0, 0.05) is 44.4 Å². The maximum Gasteiger partial charge on any atom is 0.224 e. The Morgan fingerprint density at radius 2 is 1.96 bits per heavy atom. The van der Waals surface area contributed by atoms with Crippen molar-refractivity contribution in [1.82, 2.24) is 20.0 Å². The van der Waals surface area contributed by atoms with E-state index in [2.05, 4.69) is 24.3 Å². The monoisotopic (exact) mass is 362 g/mol. The fourth-order valence-corrected chi connectivity index (χ4v) is 4.65. The van der Waals surface area contributed by atoms with Crippen LogP contribution in [-0.4, -0.2) is 52.9 Å². The summed E-state index contributed by atoms with van der Waals surface area (Å²) < 4.78 is 8.03. The molecular formula is C20H34N4O2. The van der Waals surface area contributed by atoms with Crippen LogP contribution in [0.2, 0.25) is 0 Å². The van der Waals surface area contributed by atoms with E-state index in [-0.39, 0.29) is 18.0 Å². The quantitative estimate of drug-likeness (QED) is 0.790. The van der Waals surface area contributed by atoms with Gasteiger partial charge in [-0.3, -0.25) is 9.48 Å². The molecule has 0 spiro atoms. The highest BCUT2D eigenvalue weighted by atomic mass is 16.5. The number of aryl methyl sites for hydroxylation is 2. The van der Waals surface area contributed by atoms with Crippen molar-refractivity contribution in [2.45, 2.75) is 71.1 Å². The molecule has 1 aromatic heterocycles. The molecule has 6 heteroatoms. The molecule has 1 N–H and O–H groups in total. The van der Waals surface area contributed by atoms with Gasteiger partial charge >= 0.3 is 0 Å². The van der Waals surface area contributed by atoms with Crippen LogP contribution in [0.4, 0.5) is 0 Å². The molecule has 1 aliphatic heterocycles.